The van der Waals surface area contributed by atoms with E-state index in [0.29, 0.717) is 6.10 Å². The quantitative estimate of drug-likeness (QED) is 0.884. The number of benzene rings is 1. The van der Waals surface area contributed by atoms with Crippen LogP contribution < -0.4 is 0 Å². The van der Waals surface area contributed by atoms with E-state index < -0.39 is 0 Å². The van der Waals surface area contributed by atoms with Crippen molar-refractivity contribution in [1.82, 2.24) is 20.1 Å². The number of rotatable bonds is 6. The molecule has 1 saturated heterocycles. The van der Waals surface area contributed by atoms with Crippen LogP contribution in [0.2, 0.25) is 0 Å². The highest BCUT2D eigenvalue weighted by Gasteiger charge is 2.17. The Morgan fingerprint density at radius 3 is 2.95 bits per heavy atom. The average molecular weight is 286 g/mol. The number of hydrogen-bond acceptors (Lipinski definition) is 4. The van der Waals surface area contributed by atoms with Crippen molar-refractivity contribution >= 4 is 0 Å². The Balaban J connectivity index is 1.50. The van der Waals surface area contributed by atoms with Crippen LogP contribution in [0.3, 0.4) is 0 Å². The first-order chi connectivity index (χ1) is 10.3. The smallest absolute Gasteiger partial charge is 0.181 e. The van der Waals surface area contributed by atoms with E-state index in [1.54, 1.807) is 0 Å². The molecule has 0 spiro atoms. The lowest BCUT2D eigenvalue weighted by molar-refractivity contribution is 0.0814. The maximum absolute atomic E-state index is 5.66. The summed E-state index contributed by atoms with van der Waals surface area (Å²) in [5.41, 5.74) is 1.05. The molecule has 1 aromatic heterocycles. The molecule has 1 fully saturated rings. The molecule has 1 N–H and O–H groups in total. The molecule has 0 amide bonds. The maximum atomic E-state index is 5.66. The normalized spacial score (nSPS) is 18.5. The van der Waals surface area contributed by atoms with Gasteiger partial charge in [0, 0.05) is 31.7 Å². The molecule has 21 heavy (non-hydrogen) atoms. The lowest BCUT2D eigenvalue weighted by Gasteiger charge is -2.19. The van der Waals surface area contributed by atoms with E-state index >= 15 is 0 Å². The first-order valence-electron chi connectivity index (χ1n) is 7.58. The highest BCUT2D eigenvalue weighted by Crippen LogP contribution is 2.14. The summed E-state index contributed by atoms with van der Waals surface area (Å²) in [5.74, 6) is 1.71. The Morgan fingerprint density at radius 1 is 1.33 bits per heavy atom. The third-order valence-corrected chi connectivity index (χ3v) is 3.83. The van der Waals surface area contributed by atoms with Gasteiger partial charge in [-0.05, 0) is 19.9 Å². The Morgan fingerprint density at radius 2 is 2.19 bits per heavy atom. The molecule has 0 radical (unpaired) electrons. The Hall–Kier alpha value is -1.72. The number of nitrogens with one attached hydrogen (secondary N) is 1. The fraction of sp³-hybridized carbons (Fsp3) is 0.500. The van der Waals surface area contributed by atoms with Crippen LogP contribution >= 0.6 is 0 Å². The summed E-state index contributed by atoms with van der Waals surface area (Å²) < 4.78 is 5.66. The molecule has 0 saturated carbocycles. The molecule has 3 rings (SSSR count). The van der Waals surface area contributed by atoms with Crippen LogP contribution in [-0.4, -0.2) is 52.9 Å². The summed E-state index contributed by atoms with van der Waals surface area (Å²) in [4.78, 5) is 6.87. The van der Waals surface area contributed by atoms with E-state index in [-0.39, 0.29) is 0 Å². The topological polar surface area (TPSA) is 54.0 Å². The second-order valence-electron chi connectivity index (χ2n) is 5.62. The predicted octanol–water partition coefficient (Wildman–Crippen LogP) is 2.12. The Kier molecular flexibility index (Phi) is 4.62. The van der Waals surface area contributed by atoms with Gasteiger partial charge in [-0.25, -0.2) is 4.98 Å². The fourth-order valence-electron chi connectivity index (χ4n) is 2.65. The molecule has 0 bridgehead atoms. The van der Waals surface area contributed by atoms with E-state index in [0.717, 1.165) is 43.3 Å². The van der Waals surface area contributed by atoms with E-state index in [9.17, 15) is 0 Å². The van der Waals surface area contributed by atoms with Gasteiger partial charge in [0.1, 0.15) is 5.82 Å². The number of hydrogen-bond donors (Lipinski definition) is 1. The molecule has 1 aliphatic rings. The van der Waals surface area contributed by atoms with Crippen LogP contribution in [0.1, 0.15) is 18.7 Å². The average Bonchev–Trinajstić information content (AvgIpc) is 3.17. The summed E-state index contributed by atoms with van der Waals surface area (Å²) in [6.45, 7) is 2.88. The highest BCUT2D eigenvalue weighted by molar-refractivity contribution is 5.53. The summed E-state index contributed by atoms with van der Waals surface area (Å²) in [5, 5.41) is 7.32. The molecule has 0 unspecified atom stereocenters. The van der Waals surface area contributed by atoms with Gasteiger partial charge >= 0.3 is 0 Å². The van der Waals surface area contributed by atoms with Gasteiger partial charge in [0.2, 0.25) is 0 Å². The van der Waals surface area contributed by atoms with Crippen molar-refractivity contribution in [2.75, 3.05) is 26.7 Å². The lowest BCUT2D eigenvalue weighted by atomic mass is 10.2. The molecular formula is C16H22N4O. The zero-order valence-electron chi connectivity index (χ0n) is 12.5. The second kappa shape index (κ2) is 6.83. The largest absolute Gasteiger partial charge is 0.377 e. The minimum atomic E-state index is 0.407. The van der Waals surface area contributed by atoms with E-state index in [2.05, 4.69) is 27.1 Å². The summed E-state index contributed by atoms with van der Waals surface area (Å²) in [6.07, 6.45) is 3.67. The summed E-state index contributed by atoms with van der Waals surface area (Å²) in [6, 6.07) is 10.0. The van der Waals surface area contributed by atoms with Crippen LogP contribution in [0, 0.1) is 0 Å². The van der Waals surface area contributed by atoms with E-state index in [1.165, 1.54) is 12.8 Å². The van der Waals surface area contributed by atoms with Crippen LogP contribution in [0.25, 0.3) is 11.4 Å². The van der Waals surface area contributed by atoms with Crippen LogP contribution in [0.15, 0.2) is 30.3 Å². The van der Waals surface area contributed by atoms with E-state index in [1.807, 2.05) is 30.3 Å². The molecular weight excluding hydrogens is 264 g/mol. The van der Waals surface area contributed by atoms with Crippen LogP contribution in [-0.2, 0) is 11.2 Å². The van der Waals surface area contributed by atoms with Gasteiger partial charge in [-0.15, -0.1) is 0 Å². The van der Waals surface area contributed by atoms with Crippen molar-refractivity contribution in [1.29, 1.82) is 0 Å². The number of nitrogens with zero attached hydrogens (tertiary/aromatic N) is 3. The van der Waals surface area contributed by atoms with Crippen molar-refractivity contribution in [3.05, 3.63) is 36.2 Å². The predicted molar refractivity (Wildman–Crippen MR) is 82.0 cm³/mol. The first-order valence-corrected chi connectivity index (χ1v) is 7.58. The fourth-order valence-corrected chi connectivity index (χ4v) is 2.65. The molecule has 2 heterocycles. The van der Waals surface area contributed by atoms with Crippen molar-refractivity contribution in [3.8, 4) is 11.4 Å². The molecule has 0 aliphatic carbocycles. The number of ether oxygens (including phenoxy) is 1. The summed E-state index contributed by atoms with van der Waals surface area (Å²) in [7, 11) is 2.14. The zero-order chi connectivity index (χ0) is 14.5. The van der Waals surface area contributed by atoms with Gasteiger partial charge in [0.25, 0.3) is 0 Å². The van der Waals surface area contributed by atoms with Crippen LogP contribution in [0.5, 0.6) is 0 Å². The third kappa shape index (κ3) is 3.89. The lowest BCUT2D eigenvalue weighted by Crippen LogP contribution is -2.30. The van der Waals surface area contributed by atoms with Crippen molar-refractivity contribution in [2.45, 2.75) is 25.4 Å². The third-order valence-electron chi connectivity index (χ3n) is 3.83. The summed E-state index contributed by atoms with van der Waals surface area (Å²) >= 11 is 0. The molecule has 1 atom stereocenters. The number of likely N-dealkylation sites (N-methyl/N-ethyl adjacent to an activating group) is 1. The Bertz CT molecular complexity index is 548. The number of aromatic nitrogens is 3. The van der Waals surface area contributed by atoms with Gasteiger partial charge in [-0.2, -0.15) is 5.10 Å². The number of aromatic amines is 1. The Labute approximate surface area is 125 Å². The van der Waals surface area contributed by atoms with Gasteiger partial charge in [-0.3, -0.25) is 5.10 Å². The van der Waals surface area contributed by atoms with Gasteiger partial charge in [0.05, 0.1) is 6.10 Å². The van der Waals surface area contributed by atoms with Gasteiger partial charge in [0.15, 0.2) is 5.82 Å². The van der Waals surface area contributed by atoms with Crippen molar-refractivity contribution < 1.29 is 4.74 Å². The van der Waals surface area contributed by atoms with Crippen molar-refractivity contribution in [2.24, 2.45) is 0 Å². The minimum Gasteiger partial charge on any atom is -0.377 e. The monoisotopic (exact) mass is 286 g/mol. The van der Waals surface area contributed by atoms with Gasteiger partial charge in [-0.1, -0.05) is 30.3 Å². The molecule has 5 nitrogen and oxygen atoms in total. The molecule has 112 valence electrons. The standard InChI is InChI=1S/C16H22N4O/c1-20(12-14-8-5-11-21-14)10-9-15-17-16(19-18-15)13-6-3-2-4-7-13/h2-4,6-7,14H,5,8-12H2,1H3,(H,17,18,19)/t14-/m1/s1. The van der Waals surface area contributed by atoms with Gasteiger partial charge < -0.3 is 9.64 Å². The molecule has 1 aromatic carbocycles. The van der Waals surface area contributed by atoms with E-state index in [4.69, 9.17) is 4.74 Å². The highest BCUT2D eigenvalue weighted by atomic mass is 16.5. The first kappa shape index (κ1) is 14.2. The minimum absolute atomic E-state index is 0.407. The number of H-pyrrole nitrogens is 1. The molecule has 5 heteroatoms. The second-order valence-corrected chi connectivity index (χ2v) is 5.62. The maximum Gasteiger partial charge on any atom is 0.181 e. The van der Waals surface area contributed by atoms with Crippen LogP contribution in [0.4, 0.5) is 0 Å². The molecule has 2 aromatic rings. The molecule has 1 aliphatic heterocycles. The zero-order valence-corrected chi connectivity index (χ0v) is 12.5. The SMILES string of the molecule is CN(CCc1nc(-c2ccccc2)n[nH]1)C[C@H]1CCCO1. The van der Waals surface area contributed by atoms with Crippen molar-refractivity contribution in [3.63, 3.8) is 0 Å².